The standard InChI is InChI=1S/C22H28S4/c23-14-18-4-8-20(9-5-18)16-25-22(12-2-1-3-13-22)26-17-21-10-6-19(15-24)7-11-21/h4-11,23-24H,1-3,12-17H2. The summed E-state index contributed by atoms with van der Waals surface area (Å²) in [7, 11) is 0. The third-order valence-corrected chi connectivity index (χ3v) is 9.29. The van der Waals surface area contributed by atoms with Crippen LogP contribution >= 0.6 is 48.8 Å². The number of thiol groups is 2. The van der Waals surface area contributed by atoms with Crippen molar-refractivity contribution in [3.63, 3.8) is 0 Å². The largest absolute Gasteiger partial charge is 0.175 e. The molecule has 1 fully saturated rings. The highest BCUT2D eigenvalue weighted by Crippen LogP contribution is 2.50. The summed E-state index contributed by atoms with van der Waals surface area (Å²) in [6.45, 7) is 0. The Morgan fingerprint density at radius 3 is 1.38 bits per heavy atom. The van der Waals surface area contributed by atoms with Gasteiger partial charge in [0.1, 0.15) is 0 Å². The van der Waals surface area contributed by atoms with Crippen LogP contribution in [0.5, 0.6) is 0 Å². The molecular formula is C22H28S4. The molecule has 0 aromatic heterocycles. The molecule has 1 aliphatic carbocycles. The number of rotatable bonds is 8. The van der Waals surface area contributed by atoms with E-state index in [-0.39, 0.29) is 0 Å². The first kappa shape index (κ1) is 20.6. The quantitative estimate of drug-likeness (QED) is 0.338. The van der Waals surface area contributed by atoms with Crippen LogP contribution in [-0.4, -0.2) is 4.08 Å². The Kier molecular flexibility index (Phi) is 8.23. The molecule has 1 aliphatic rings. The van der Waals surface area contributed by atoms with Crippen molar-refractivity contribution in [1.82, 2.24) is 0 Å². The van der Waals surface area contributed by atoms with Crippen molar-refractivity contribution in [2.24, 2.45) is 0 Å². The van der Waals surface area contributed by atoms with E-state index in [0.717, 1.165) is 23.0 Å². The summed E-state index contributed by atoms with van der Waals surface area (Å²) < 4.78 is 0.378. The number of hydrogen-bond donors (Lipinski definition) is 2. The first-order valence-corrected chi connectivity index (χ1v) is 12.6. The monoisotopic (exact) mass is 420 g/mol. The van der Waals surface area contributed by atoms with Gasteiger partial charge in [-0.2, -0.15) is 25.3 Å². The minimum absolute atomic E-state index is 0.378. The average molecular weight is 421 g/mol. The summed E-state index contributed by atoms with van der Waals surface area (Å²) in [5, 5.41) is 0. The van der Waals surface area contributed by atoms with Crippen LogP contribution in [0.1, 0.15) is 54.4 Å². The Morgan fingerprint density at radius 1 is 0.615 bits per heavy atom. The summed E-state index contributed by atoms with van der Waals surface area (Å²) >= 11 is 13.0. The molecule has 0 bridgehead atoms. The summed E-state index contributed by atoms with van der Waals surface area (Å²) in [4.78, 5) is 0. The van der Waals surface area contributed by atoms with Crippen LogP contribution < -0.4 is 0 Å². The smallest absolute Gasteiger partial charge is 0.0617 e. The minimum Gasteiger partial charge on any atom is -0.175 e. The van der Waals surface area contributed by atoms with Gasteiger partial charge in [0.15, 0.2) is 0 Å². The third kappa shape index (κ3) is 5.92. The van der Waals surface area contributed by atoms with E-state index in [1.54, 1.807) is 0 Å². The Labute approximate surface area is 178 Å². The molecule has 0 amide bonds. The molecule has 2 aromatic carbocycles. The SMILES string of the molecule is SCc1ccc(CSC2(SCc3ccc(CS)cc3)CCCCC2)cc1. The number of thioether (sulfide) groups is 2. The summed E-state index contributed by atoms with van der Waals surface area (Å²) in [6.07, 6.45) is 6.82. The molecule has 26 heavy (non-hydrogen) atoms. The molecule has 0 N–H and O–H groups in total. The molecule has 0 radical (unpaired) electrons. The molecule has 140 valence electrons. The van der Waals surface area contributed by atoms with E-state index in [0.29, 0.717) is 4.08 Å². The summed E-state index contributed by atoms with van der Waals surface area (Å²) in [6, 6.07) is 18.0. The maximum Gasteiger partial charge on any atom is 0.0617 e. The highest BCUT2D eigenvalue weighted by molar-refractivity contribution is 8.17. The van der Waals surface area contributed by atoms with Crippen LogP contribution in [-0.2, 0) is 23.0 Å². The van der Waals surface area contributed by atoms with Crippen molar-refractivity contribution in [2.75, 3.05) is 0 Å². The van der Waals surface area contributed by atoms with E-state index in [9.17, 15) is 0 Å². The van der Waals surface area contributed by atoms with Crippen LogP contribution in [0.25, 0.3) is 0 Å². The first-order chi connectivity index (χ1) is 12.7. The molecule has 0 nitrogen and oxygen atoms in total. The molecule has 0 spiro atoms. The van der Waals surface area contributed by atoms with E-state index >= 15 is 0 Å². The average Bonchev–Trinajstić information content (AvgIpc) is 2.72. The molecular weight excluding hydrogens is 393 g/mol. The molecule has 4 heteroatoms. The zero-order chi connectivity index (χ0) is 18.2. The molecule has 2 aromatic rings. The van der Waals surface area contributed by atoms with Crippen molar-refractivity contribution < 1.29 is 0 Å². The molecule has 0 aliphatic heterocycles. The van der Waals surface area contributed by atoms with Gasteiger partial charge in [-0.05, 0) is 35.1 Å². The van der Waals surface area contributed by atoms with E-state index < -0.39 is 0 Å². The van der Waals surface area contributed by atoms with Gasteiger partial charge in [-0.1, -0.05) is 67.8 Å². The van der Waals surface area contributed by atoms with E-state index in [1.165, 1.54) is 54.4 Å². The third-order valence-electron chi connectivity index (χ3n) is 5.03. The van der Waals surface area contributed by atoms with Crippen molar-refractivity contribution >= 4 is 48.8 Å². The molecule has 0 saturated heterocycles. The predicted octanol–water partition coefficient (Wildman–Crippen LogP) is 7.37. The highest BCUT2D eigenvalue weighted by atomic mass is 32.2. The van der Waals surface area contributed by atoms with Crippen molar-refractivity contribution in [3.8, 4) is 0 Å². The van der Waals surface area contributed by atoms with E-state index in [2.05, 4.69) is 97.3 Å². The normalized spacial score (nSPS) is 16.5. The molecule has 3 rings (SSSR count). The zero-order valence-electron chi connectivity index (χ0n) is 15.2. The topological polar surface area (TPSA) is 0 Å². The lowest BCUT2D eigenvalue weighted by molar-refractivity contribution is 0.490. The maximum absolute atomic E-state index is 4.35. The van der Waals surface area contributed by atoms with E-state index in [1.807, 2.05) is 0 Å². The molecule has 0 atom stereocenters. The van der Waals surface area contributed by atoms with Gasteiger partial charge in [-0.25, -0.2) is 0 Å². The lowest BCUT2D eigenvalue weighted by Gasteiger charge is -2.36. The fraction of sp³-hybridized carbons (Fsp3) is 0.455. The van der Waals surface area contributed by atoms with Gasteiger partial charge in [-0.3, -0.25) is 0 Å². The Morgan fingerprint density at radius 2 is 1.00 bits per heavy atom. The van der Waals surface area contributed by atoms with Crippen LogP contribution in [0.4, 0.5) is 0 Å². The van der Waals surface area contributed by atoms with Gasteiger partial charge >= 0.3 is 0 Å². The first-order valence-electron chi connectivity index (χ1n) is 9.38. The van der Waals surface area contributed by atoms with Crippen LogP contribution in [0, 0.1) is 0 Å². The fourth-order valence-electron chi connectivity index (χ4n) is 3.33. The zero-order valence-corrected chi connectivity index (χ0v) is 18.6. The van der Waals surface area contributed by atoms with Crippen molar-refractivity contribution in [3.05, 3.63) is 70.8 Å². The van der Waals surface area contributed by atoms with E-state index in [4.69, 9.17) is 0 Å². The van der Waals surface area contributed by atoms with Crippen molar-refractivity contribution in [1.29, 1.82) is 0 Å². The number of hydrogen-bond acceptors (Lipinski definition) is 4. The Hall–Kier alpha value is -0.160. The van der Waals surface area contributed by atoms with Gasteiger partial charge in [0.2, 0.25) is 0 Å². The van der Waals surface area contributed by atoms with Crippen LogP contribution in [0.2, 0.25) is 0 Å². The van der Waals surface area contributed by atoms with Crippen LogP contribution in [0.3, 0.4) is 0 Å². The second kappa shape index (κ2) is 10.4. The van der Waals surface area contributed by atoms with Gasteiger partial charge < -0.3 is 0 Å². The minimum atomic E-state index is 0.378. The second-order valence-electron chi connectivity index (χ2n) is 7.00. The number of benzene rings is 2. The Balaban J connectivity index is 1.61. The Bertz CT molecular complexity index is 604. The molecule has 0 unspecified atom stereocenters. The lowest BCUT2D eigenvalue weighted by Crippen LogP contribution is -2.24. The van der Waals surface area contributed by atoms with Crippen molar-refractivity contribution in [2.45, 2.75) is 59.2 Å². The fourth-order valence-corrected chi connectivity index (χ4v) is 6.84. The second-order valence-corrected chi connectivity index (χ2v) is 10.6. The van der Waals surface area contributed by atoms with Crippen LogP contribution in [0.15, 0.2) is 48.5 Å². The summed E-state index contributed by atoms with van der Waals surface area (Å²) in [5.74, 6) is 3.86. The molecule has 1 saturated carbocycles. The van der Waals surface area contributed by atoms with Gasteiger partial charge in [0.05, 0.1) is 4.08 Å². The lowest BCUT2D eigenvalue weighted by atomic mass is 10.00. The van der Waals surface area contributed by atoms with Gasteiger partial charge in [0, 0.05) is 23.0 Å². The highest BCUT2D eigenvalue weighted by Gasteiger charge is 2.33. The van der Waals surface area contributed by atoms with Gasteiger partial charge in [0.25, 0.3) is 0 Å². The maximum atomic E-state index is 4.35. The van der Waals surface area contributed by atoms with Gasteiger partial charge in [-0.15, -0.1) is 23.5 Å². The summed E-state index contributed by atoms with van der Waals surface area (Å²) in [5.41, 5.74) is 5.47. The predicted molar refractivity (Wildman–Crippen MR) is 127 cm³/mol. The molecule has 0 heterocycles.